The van der Waals surface area contributed by atoms with Crippen molar-refractivity contribution in [2.45, 2.75) is 13.3 Å². The molecule has 128 valence electrons. The molecule has 0 saturated heterocycles. The van der Waals surface area contributed by atoms with E-state index in [1.807, 2.05) is 25.5 Å². The average molecular weight is 376 g/mol. The maximum Gasteiger partial charge on any atom is 0.228 e. The molecule has 0 spiro atoms. The first-order valence-corrected chi connectivity index (χ1v) is 7.88. The van der Waals surface area contributed by atoms with Crippen molar-refractivity contribution in [3.05, 3.63) is 40.9 Å². The second-order valence-electron chi connectivity index (χ2n) is 5.11. The molecule has 0 atom stereocenters. The lowest BCUT2D eigenvalue weighted by Crippen LogP contribution is -2.33. The Balaban J connectivity index is 0.00000242. The number of aromatic nitrogens is 1. The van der Waals surface area contributed by atoms with Gasteiger partial charge in [0.2, 0.25) is 5.91 Å². The van der Waals surface area contributed by atoms with E-state index < -0.39 is 0 Å². The molecule has 0 unspecified atom stereocenters. The lowest BCUT2D eigenvalue weighted by molar-refractivity contribution is -0.129. The van der Waals surface area contributed by atoms with E-state index in [1.54, 1.807) is 16.2 Å². The maximum absolute atomic E-state index is 12.1. The van der Waals surface area contributed by atoms with Gasteiger partial charge in [-0.15, -0.1) is 36.2 Å². The van der Waals surface area contributed by atoms with Gasteiger partial charge in [0.05, 0.1) is 12.1 Å². The number of hydrogen-bond donors (Lipinski definition) is 1. The van der Waals surface area contributed by atoms with Crippen LogP contribution in [-0.4, -0.2) is 43.0 Å². The highest BCUT2D eigenvalue weighted by Crippen LogP contribution is 2.24. The number of benzene rings is 1. The van der Waals surface area contributed by atoms with Crippen molar-refractivity contribution in [3.8, 4) is 10.6 Å². The monoisotopic (exact) mass is 375 g/mol. The zero-order chi connectivity index (χ0) is 15.2. The van der Waals surface area contributed by atoms with Crippen molar-refractivity contribution in [2.75, 3.05) is 27.2 Å². The number of aryl methyl sites for hydroxylation is 1. The van der Waals surface area contributed by atoms with Crippen molar-refractivity contribution in [3.63, 3.8) is 0 Å². The van der Waals surface area contributed by atoms with E-state index in [2.05, 4.69) is 35.4 Å². The summed E-state index contributed by atoms with van der Waals surface area (Å²) in [6.45, 7) is 3.58. The maximum atomic E-state index is 12.1. The molecular formula is C16H23Cl2N3OS. The Morgan fingerprint density at radius 1 is 1.35 bits per heavy atom. The van der Waals surface area contributed by atoms with Crippen molar-refractivity contribution in [2.24, 2.45) is 0 Å². The minimum atomic E-state index is 0. The molecule has 0 bridgehead atoms. The molecule has 0 aliphatic carbocycles. The van der Waals surface area contributed by atoms with Gasteiger partial charge in [-0.3, -0.25) is 4.79 Å². The minimum Gasteiger partial charge on any atom is -0.344 e. The van der Waals surface area contributed by atoms with Crippen LogP contribution in [0.25, 0.3) is 10.6 Å². The molecule has 0 aliphatic heterocycles. The smallest absolute Gasteiger partial charge is 0.228 e. The highest BCUT2D eigenvalue weighted by molar-refractivity contribution is 7.13. The average Bonchev–Trinajstić information content (AvgIpc) is 2.93. The Labute approximate surface area is 154 Å². The summed E-state index contributed by atoms with van der Waals surface area (Å²) in [7, 11) is 3.71. The standard InChI is InChI=1S/C16H21N3OS.2ClH/c1-12-5-4-6-13(9-12)16-18-14(11-21-16)10-15(20)19(3)8-7-17-2;;/h4-6,9,11,17H,7-8,10H2,1-3H3;2*1H. The summed E-state index contributed by atoms with van der Waals surface area (Å²) < 4.78 is 0. The molecule has 0 aliphatic rings. The zero-order valence-corrected chi connectivity index (χ0v) is 16.0. The van der Waals surface area contributed by atoms with E-state index >= 15 is 0 Å². The van der Waals surface area contributed by atoms with Gasteiger partial charge in [-0.2, -0.15) is 0 Å². The van der Waals surface area contributed by atoms with Crippen molar-refractivity contribution in [1.82, 2.24) is 15.2 Å². The van der Waals surface area contributed by atoms with Crippen LogP contribution in [0.1, 0.15) is 11.3 Å². The second kappa shape index (κ2) is 10.6. The number of nitrogens with zero attached hydrogens (tertiary/aromatic N) is 2. The fourth-order valence-corrected chi connectivity index (χ4v) is 2.81. The van der Waals surface area contributed by atoms with Gasteiger partial charge in [-0.1, -0.05) is 23.8 Å². The van der Waals surface area contributed by atoms with Gasteiger partial charge in [0.25, 0.3) is 0 Å². The molecule has 0 fully saturated rings. The molecule has 7 heteroatoms. The molecule has 2 aromatic rings. The van der Waals surface area contributed by atoms with Crippen LogP contribution >= 0.6 is 36.2 Å². The third kappa shape index (κ3) is 6.47. The summed E-state index contributed by atoms with van der Waals surface area (Å²) >= 11 is 1.59. The van der Waals surface area contributed by atoms with E-state index in [1.165, 1.54) is 5.56 Å². The van der Waals surface area contributed by atoms with Crippen LogP contribution < -0.4 is 5.32 Å². The Morgan fingerprint density at radius 3 is 2.74 bits per heavy atom. The van der Waals surface area contributed by atoms with Crippen LogP contribution in [0.3, 0.4) is 0 Å². The number of halogens is 2. The predicted octanol–water partition coefficient (Wildman–Crippen LogP) is 3.18. The molecule has 1 aromatic carbocycles. The highest BCUT2D eigenvalue weighted by atomic mass is 35.5. The number of carbonyl (C=O) groups is 1. The molecule has 4 nitrogen and oxygen atoms in total. The van der Waals surface area contributed by atoms with Crippen molar-refractivity contribution in [1.29, 1.82) is 0 Å². The Kier molecular flexibility index (Phi) is 10.1. The minimum absolute atomic E-state index is 0. The van der Waals surface area contributed by atoms with Gasteiger partial charge >= 0.3 is 0 Å². The number of amides is 1. The fourth-order valence-electron chi connectivity index (χ4n) is 1.99. The summed E-state index contributed by atoms with van der Waals surface area (Å²) in [5, 5.41) is 5.99. The second-order valence-corrected chi connectivity index (χ2v) is 5.97. The number of thiazole rings is 1. The molecule has 1 aromatic heterocycles. The van der Waals surface area contributed by atoms with Crippen LogP contribution in [0.4, 0.5) is 0 Å². The summed E-state index contributed by atoms with van der Waals surface area (Å²) in [5.41, 5.74) is 3.17. The predicted molar refractivity (Wildman–Crippen MR) is 102 cm³/mol. The first kappa shape index (κ1) is 21.9. The van der Waals surface area contributed by atoms with Gasteiger partial charge in [-0.05, 0) is 20.0 Å². The van der Waals surface area contributed by atoms with Crippen LogP contribution in [0, 0.1) is 6.92 Å². The fraction of sp³-hybridized carbons (Fsp3) is 0.375. The Hall–Kier alpha value is -1.14. The largest absolute Gasteiger partial charge is 0.344 e. The molecule has 1 heterocycles. The molecule has 1 N–H and O–H groups in total. The first-order chi connectivity index (χ1) is 10.1. The van der Waals surface area contributed by atoms with E-state index in [0.29, 0.717) is 13.0 Å². The van der Waals surface area contributed by atoms with Gasteiger partial charge in [0.1, 0.15) is 5.01 Å². The van der Waals surface area contributed by atoms with Crippen molar-refractivity contribution < 1.29 is 4.79 Å². The Bertz CT molecular complexity index is 619. The molecule has 23 heavy (non-hydrogen) atoms. The van der Waals surface area contributed by atoms with Gasteiger partial charge < -0.3 is 10.2 Å². The molecule has 1 amide bonds. The van der Waals surface area contributed by atoms with E-state index in [-0.39, 0.29) is 30.7 Å². The van der Waals surface area contributed by atoms with Gasteiger partial charge in [-0.25, -0.2) is 4.98 Å². The summed E-state index contributed by atoms with van der Waals surface area (Å²) in [4.78, 5) is 18.4. The molecule has 0 saturated carbocycles. The number of nitrogens with one attached hydrogen (secondary N) is 1. The van der Waals surface area contributed by atoms with Gasteiger partial charge in [0.15, 0.2) is 0 Å². The van der Waals surface area contributed by atoms with E-state index in [0.717, 1.165) is 22.8 Å². The zero-order valence-electron chi connectivity index (χ0n) is 13.5. The molecular weight excluding hydrogens is 353 g/mol. The van der Waals surface area contributed by atoms with Crippen LogP contribution in [0.15, 0.2) is 29.6 Å². The normalized spacial score (nSPS) is 9.70. The number of likely N-dealkylation sites (N-methyl/N-ethyl adjacent to an activating group) is 2. The highest BCUT2D eigenvalue weighted by Gasteiger charge is 2.12. The van der Waals surface area contributed by atoms with Crippen LogP contribution in [-0.2, 0) is 11.2 Å². The lowest BCUT2D eigenvalue weighted by Gasteiger charge is -2.16. The van der Waals surface area contributed by atoms with Crippen LogP contribution in [0.2, 0.25) is 0 Å². The van der Waals surface area contributed by atoms with Gasteiger partial charge in [0, 0.05) is 31.1 Å². The third-order valence-corrected chi connectivity index (χ3v) is 4.21. The summed E-state index contributed by atoms with van der Waals surface area (Å²) in [6.07, 6.45) is 0.364. The molecule has 0 radical (unpaired) electrons. The summed E-state index contributed by atoms with van der Waals surface area (Å²) in [5.74, 6) is 0.103. The van der Waals surface area contributed by atoms with E-state index in [9.17, 15) is 4.79 Å². The molecule has 2 rings (SSSR count). The summed E-state index contributed by atoms with van der Waals surface area (Å²) in [6, 6.07) is 8.26. The lowest BCUT2D eigenvalue weighted by atomic mass is 10.1. The van der Waals surface area contributed by atoms with Crippen molar-refractivity contribution >= 4 is 42.1 Å². The third-order valence-electron chi connectivity index (χ3n) is 3.27. The van der Waals surface area contributed by atoms with E-state index in [4.69, 9.17) is 0 Å². The number of hydrogen-bond acceptors (Lipinski definition) is 4. The number of carbonyl (C=O) groups excluding carboxylic acids is 1. The quantitative estimate of drug-likeness (QED) is 0.842. The Morgan fingerprint density at radius 2 is 2.09 bits per heavy atom. The van der Waals surface area contributed by atoms with Crippen LogP contribution in [0.5, 0.6) is 0 Å². The topological polar surface area (TPSA) is 45.2 Å². The number of rotatable bonds is 6. The SMILES string of the molecule is CNCCN(C)C(=O)Cc1csc(-c2cccc(C)c2)n1.Cl.Cl. The first-order valence-electron chi connectivity index (χ1n) is 7.00.